The summed E-state index contributed by atoms with van der Waals surface area (Å²) < 4.78 is 10.6. The monoisotopic (exact) mass is 323 g/mol. The van der Waals surface area contributed by atoms with E-state index in [1.54, 1.807) is 7.05 Å². The van der Waals surface area contributed by atoms with Crippen LogP contribution >= 0.6 is 0 Å². The van der Waals surface area contributed by atoms with Gasteiger partial charge in [-0.3, -0.25) is 4.79 Å². The SMILES string of the molecule is CO[C@H](CC(=O)O)[C@H](C(C)C)N(C)C(=O)OCc1ccccc1. The number of benzene rings is 1. The van der Waals surface area contributed by atoms with Gasteiger partial charge in [0.2, 0.25) is 0 Å². The number of carboxylic acid groups (broad SMARTS) is 1. The van der Waals surface area contributed by atoms with Gasteiger partial charge in [0, 0.05) is 14.2 Å². The number of nitrogens with zero attached hydrogens (tertiary/aromatic N) is 1. The summed E-state index contributed by atoms with van der Waals surface area (Å²) in [7, 11) is 3.05. The van der Waals surface area contributed by atoms with Crippen LogP contribution < -0.4 is 0 Å². The predicted octanol–water partition coefficient (Wildman–Crippen LogP) is 2.77. The molecule has 1 aromatic rings. The molecule has 0 bridgehead atoms. The van der Waals surface area contributed by atoms with E-state index < -0.39 is 18.2 Å². The molecule has 0 aromatic heterocycles. The first kappa shape index (κ1) is 19.0. The summed E-state index contributed by atoms with van der Waals surface area (Å²) >= 11 is 0. The molecule has 23 heavy (non-hydrogen) atoms. The van der Waals surface area contributed by atoms with Crippen LogP contribution in [0, 0.1) is 5.92 Å². The molecule has 1 N–H and O–H groups in total. The molecule has 0 unspecified atom stereocenters. The summed E-state index contributed by atoms with van der Waals surface area (Å²) in [5, 5.41) is 9.00. The van der Waals surface area contributed by atoms with Gasteiger partial charge in [-0.1, -0.05) is 44.2 Å². The molecule has 0 aliphatic rings. The maximum atomic E-state index is 12.3. The van der Waals surface area contributed by atoms with Crippen LogP contribution in [0.3, 0.4) is 0 Å². The molecular formula is C17H25NO5. The van der Waals surface area contributed by atoms with Gasteiger partial charge in [0.15, 0.2) is 0 Å². The van der Waals surface area contributed by atoms with Crippen LogP contribution in [0.1, 0.15) is 25.8 Å². The van der Waals surface area contributed by atoms with E-state index in [0.29, 0.717) is 0 Å². The third kappa shape index (κ3) is 5.90. The molecule has 0 spiro atoms. The Morgan fingerprint density at radius 2 is 1.83 bits per heavy atom. The van der Waals surface area contributed by atoms with Crippen LogP contribution in [0.25, 0.3) is 0 Å². The Hall–Kier alpha value is -2.08. The maximum absolute atomic E-state index is 12.3. The van der Waals surface area contributed by atoms with E-state index in [2.05, 4.69) is 0 Å². The highest BCUT2D eigenvalue weighted by molar-refractivity contribution is 5.69. The number of carbonyl (C=O) groups excluding carboxylic acids is 1. The second-order valence-electron chi connectivity index (χ2n) is 5.76. The average Bonchev–Trinajstić information content (AvgIpc) is 2.51. The molecule has 0 heterocycles. The summed E-state index contributed by atoms with van der Waals surface area (Å²) in [4.78, 5) is 24.7. The number of hydrogen-bond acceptors (Lipinski definition) is 4. The molecule has 2 atom stereocenters. The lowest BCUT2D eigenvalue weighted by atomic mass is 9.95. The van der Waals surface area contributed by atoms with E-state index >= 15 is 0 Å². The van der Waals surface area contributed by atoms with Gasteiger partial charge in [-0.05, 0) is 11.5 Å². The first-order valence-corrected chi connectivity index (χ1v) is 7.55. The van der Waals surface area contributed by atoms with Crippen LogP contribution in [-0.4, -0.2) is 48.4 Å². The standard InChI is InChI=1S/C17H25NO5/c1-12(2)16(14(22-4)10-15(19)20)18(3)17(21)23-11-13-8-6-5-7-9-13/h5-9,12,14,16H,10-11H2,1-4H3,(H,19,20)/t14-,16+/m1/s1. The van der Waals surface area contributed by atoms with Gasteiger partial charge in [-0.2, -0.15) is 0 Å². The van der Waals surface area contributed by atoms with E-state index in [1.807, 2.05) is 44.2 Å². The molecule has 6 heteroatoms. The van der Waals surface area contributed by atoms with E-state index in [-0.39, 0.29) is 25.0 Å². The number of ether oxygens (including phenoxy) is 2. The van der Waals surface area contributed by atoms with Gasteiger partial charge in [-0.15, -0.1) is 0 Å². The molecule has 6 nitrogen and oxygen atoms in total. The van der Waals surface area contributed by atoms with Crippen molar-refractivity contribution in [1.29, 1.82) is 0 Å². The second-order valence-corrected chi connectivity index (χ2v) is 5.76. The fourth-order valence-corrected chi connectivity index (χ4v) is 2.58. The topological polar surface area (TPSA) is 76.1 Å². The minimum absolute atomic E-state index is 0.0218. The van der Waals surface area contributed by atoms with Crippen LogP contribution in [0.2, 0.25) is 0 Å². The van der Waals surface area contributed by atoms with Gasteiger partial charge in [-0.25, -0.2) is 4.79 Å². The normalized spacial score (nSPS) is 13.4. The van der Waals surface area contributed by atoms with Gasteiger partial charge < -0.3 is 19.5 Å². The molecule has 0 saturated heterocycles. The zero-order valence-electron chi connectivity index (χ0n) is 14.1. The van der Waals surface area contributed by atoms with Crippen molar-refractivity contribution in [2.24, 2.45) is 5.92 Å². The predicted molar refractivity (Wildman–Crippen MR) is 86.1 cm³/mol. The van der Waals surface area contributed by atoms with Crippen molar-refractivity contribution in [3.63, 3.8) is 0 Å². The van der Waals surface area contributed by atoms with Crippen molar-refractivity contribution in [3.05, 3.63) is 35.9 Å². The van der Waals surface area contributed by atoms with Crippen molar-refractivity contribution >= 4 is 12.1 Å². The molecule has 0 radical (unpaired) electrons. The summed E-state index contributed by atoms with van der Waals surface area (Å²) in [6, 6.07) is 8.99. The summed E-state index contributed by atoms with van der Waals surface area (Å²) in [5.41, 5.74) is 0.893. The minimum Gasteiger partial charge on any atom is -0.481 e. The van der Waals surface area contributed by atoms with Crippen LogP contribution in [0.5, 0.6) is 0 Å². The third-order valence-corrected chi connectivity index (χ3v) is 3.68. The highest BCUT2D eigenvalue weighted by Gasteiger charge is 2.33. The van der Waals surface area contributed by atoms with Crippen molar-refractivity contribution in [3.8, 4) is 0 Å². The molecule has 0 fully saturated rings. The smallest absolute Gasteiger partial charge is 0.410 e. The first-order chi connectivity index (χ1) is 10.9. The number of likely N-dealkylation sites (N-methyl/N-ethyl adjacent to an activating group) is 1. The van der Waals surface area contributed by atoms with Crippen molar-refractivity contribution in [1.82, 2.24) is 4.90 Å². The van der Waals surface area contributed by atoms with E-state index in [0.717, 1.165) is 5.56 Å². The highest BCUT2D eigenvalue weighted by atomic mass is 16.6. The van der Waals surface area contributed by atoms with Crippen molar-refractivity contribution in [2.45, 2.75) is 39.0 Å². The lowest BCUT2D eigenvalue weighted by molar-refractivity contribution is -0.141. The van der Waals surface area contributed by atoms with E-state index in [9.17, 15) is 9.59 Å². The van der Waals surface area contributed by atoms with Gasteiger partial charge in [0.05, 0.1) is 18.6 Å². The van der Waals surface area contributed by atoms with Crippen molar-refractivity contribution in [2.75, 3.05) is 14.2 Å². The molecule has 0 aliphatic heterocycles. The lowest BCUT2D eigenvalue weighted by Gasteiger charge is -2.35. The Labute approximate surface area is 137 Å². The molecule has 1 aromatic carbocycles. The van der Waals surface area contributed by atoms with Crippen LogP contribution in [0.4, 0.5) is 4.79 Å². The number of amides is 1. The third-order valence-electron chi connectivity index (χ3n) is 3.68. The largest absolute Gasteiger partial charge is 0.481 e. The molecule has 128 valence electrons. The Morgan fingerprint density at radius 1 is 1.22 bits per heavy atom. The highest BCUT2D eigenvalue weighted by Crippen LogP contribution is 2.19. The maximum Gasteiger partial charge on any atom is 0.410 e. The summed E-state index contributed by atoms with van der Waals surface area (Å²) in [6.07, 6.45) is -1.27. The number of carboxylic acids is 1. The fourth-order valence-electron chi connectivity index (χ4n) is 2.58. The molecular weight excluding hydrogens is 298 g/mol. The molecule has 0 aliphatic carbocycles. The number of methoxy groups -OCH3 is 1. The zero-order valence-corrected chi connectivity index (χ0v) is 14.1. The first-order valence-electron chi connectivity index (χ1n) is 7.55. The number of hydrogen-bond donors (Lipinski definition) is 1. The Morgan fingerprint density at radius 3 is 2.30 bits per heavy atom. The van der Waals surface area contributed by atoms with Gasteiger partial charge in [0.1, 0.15) is 6.61 Å². The number of carbonyl (C=O) groups is 2. The second kappa shape index (κ2) is 9.15. The van der Waals surface area contributed by atoms with Crippen molar-refractivity contribution < 1.29 is 24.2 Å². The summed E-state index contributed by atoms with van der Waals surface area (Å²) in [5.74, 6) is -0.942. The van der Waals surface area contributed by atoms with E-state index in [4.69, 9.17) is 14.6 Å². The Bertz CT molecular complexity index is 503. The fraction of sp³-hybridized carbons (Fsp3) is 0.529. The minimum atomic E-state index is -0.964. The average molecular weight is 323 g/mol. The van der Waals surface area contributed by atoms with E-state index in [1.165, 1.54) is 12.0 Å². The quantitative estimate of drug-likeness (QED) is 0.796. The summed E-state index contributed by atoms with van der Waals surface area (Å²) in [6.45, 7) is 4.00. The van der Waals surface area contributed by atoms with Gasteiger partial charge >= 0.3 is 12.1 Å². The lowest BCUT2D eigenvalue weighted by Crippen LogP contribution is -2.49. The zero-order chi connectivity index (χ0) is 17.4. The Balaban J connectivity index is 2.73. The number of rotatable bonds is 8. The number of aliphatic carboxylic acids is 1. The van der Waals surface area contributed by atoms with Crippen LogP contribution in [0.15, 0.2) is 30.3 Å². The molecule has 1 rings (SSSR count). The molecule has 1 amide bonds. The van der Waals surface area contributed by atoms with Crippen LogP contribution in [-0.2, 0) is 20.9 Å². The Kier molecular flexibility index (Phi) is 7.54. The molecule has 0 saturated carbocycles. The van der Waals surface area contributed by atoms with Gasteiger partial charge in [0.25, 0.3) is 0 Å².